The van der Waals surface area contributed by atoms with Crippen LogP contribution < -0.4 is 5.32 Å². The number of halogens is 1. The van der Waals surface area contributed by atoms with Gasteiger partial charge in [0.1, 0.15) is 5.69 Å². The molecule has 0 bridgehead atoms. The summed E-state index contributed by atoms with van der Waals surface area (Å²) in [7, 11) is 0. The molecule has 21 heavy (non-hydrogen) atoms. The molecule has 0 atom stereocenters. The van der Waals surface area contributed by atoms with Gasteiger partial charge in [0.25, 0.3) is 5.91 Å². The number of carbonyl (C=O) groups excluding carboxylic acids is 1. The summed E-state index contributed by atoms with van der Waals surface area (Å²) in [4.78, 5) is 12.6. The Labute approximate surface area is 132 Å². The van der Waals surface area contributed by atoms with Gasteiger partial charge in [0, 0.05) is 6.04 Å². The molecule has 0 aliphatic carbocycles. The van der Waals surface area contributed by atoms with Gasteiger partial charge in [-0.2, -0.15) is 0 Å². The number of fused-ring (bicyclic) bond motifs is 1. The first-order valence-corrected chi connectivity index (χ1v) is 7.98. The zero-order valence-electron chi connectivity index (χ0n) is 11.8. The van der Waals surface area contributed by atoms with Crippen molar-refractivity contribution in [3.8, 4) is 0 Å². The third-order valence-electron chi connectivity index (χ3n) is 3.33. The third kappa shape index (κ3) is 2.57. The van der Waals surface area contributed by atoms with Crippen LogP contribution in [0, 0.1) is 0 Å². The summed E-state index contributed by atoms with van der Waals surface area (Å²) < 4.78 is 3.17. The van der Waals surface area contributed by atoms with Crippen LogP contribution >= 0.6 is 22.9 Å². The maximum absolute atomic E-state index is 12.6. The van der Waals surface area contributed by atoms with Gasteiger partial charge in [-0.05, 0) is 43.5 Å². The van der Waals surface area contributed by atoms with Crippen molar-refractivity contribution in [1.29, 1.82) is 0 Å². The molecule has 1 N–H and O–H groups in total. The number of benzene rings is 1. The average molecular weight is 319 g/mol. The second kappa shape index (κ2) is 5.54. The van der Waals surface area contributed by atoms with E-state index in [0.717, 1.165) is 10.2 Å². The normalized spacial score (nSPS) is 11.2. The van der Waals surface area contributed by atoms with E-state index < -0.39 is 0 Å². The lowest BCUT2D eigenvalue weighted by molar-refractivity contribution is 0.101. The zero-order chi connectivity index (χ0) is 15.0. The van der Waals surface area contributed by atoms with Crippen LogP contribution in [-0.2, 0) is 0 Å². The zero-order valence-corrected chi connectivity index (χ0v) is 13.3. The van der Waals surface area contributed by atoms with Crippen molar-refractivity contribution in [2.24, 2.45) is 0 Å². The number of thiophene rings is 1. The number of hydrogen-bond donors (Lipinski definition) is 1. The highest BCUT2D eigenvalue weighted by Gasteiger charge is 2.18. The van der Waals surface area contributed by atoms with Gasteiger partial charge in [0.2, 0.25) is 0 Å². The lowest BCUT2D eigenvalue weighted by Crippen LogP contribution is -2.18. The van der Waals surface area contributed by atoms with Crippen LogP contribution in [0.2, 0.25) is 5.02 Å². The minimum atomic E-state index is -0.139. The average Bonchev–Trinajstić information content (AvgIpc) is 3.00. The lowest BCUT2D eigenvalue weighted by atomic mass is 10.3. The monoisotopic (exact) mass is 318 g/mol. The van der Waals surface area contributed by atoms with Gasteiger partial charge in [-0.25, -0.2) is 0 Å². The predicted octanol–water partition coefficient (Wildman–Crippen LogP) is 5.19. The molecule has 2 aromatic heterocycles. The van der Waals surface area contributed by atoms with E-state index in [2.05, 4.69) is 23.7 Å². The summed E-state index contributed by atoms with van der Waals surface area (Å²) in [6, 6.07) is 11.4. The minimum absolute atomic E-state index is 0.139. The molecule has 0 aliphatic rings. The fourth-order valence-electron chi connectivity index (χ4n) is 2.42. The highest BCUT2D eigenvalue weighted by atomic mass is 35.5. The van der Waals surface area contributed by atoms with Gasteiger partial charge in [-0.15, -0.1) is 11.3 Å². The van der Waals surface area contributed by atoms with E-state index in [0.29, 0.717) is 16.4 Å². The topological polar surface area (TPSA) is 34.0 Å². The maximum atomic E-state index is 12.6. The molecule has 108 valence electrons. The molecule has 0 spiro atoms. The van der Waals surface area contributed by atoms with Gasteiger partial charge < -0.3 is 9.88 Å². The third-order valence-corrected chi connectivity index (χ3v) is 4.51. The standard InChI is InChI=1S/C16H15ClN2OS/c1-10(2)19-13-7-8-21-15(13)9-14(19)16(20)18-12-6-4-3-5-11(12)17/h3-10H,1-2H3,(H,18,20). The molecule has 3 rings (SSSR count). The second-order valence-electron chi connectivity index (χ2n) is 5.10. The van der Waals surface area contributed by atoms with Crippen molar-refractivity contribution >= 4 is 44.7 Å². The van der Waals surface area contributed by atoms with E-state index in [1.807, 2.05) is 29.6 Å². The molecule has 5 heteroatoms. The number of hydrogen-bond acceptors (Lipinski definition) is 2. The number of rotatable bonds is 3. The van der Waals surface area contributed by atoms with Crippen LogP contribution in [0.4, 0.5) is 5.69 Å². The Hall–Kier alpha value is -1.78. The molecular formula is C16H15ClN2OS. The van der Waals surface area contributed by atoms with Crippen LogP contribution in [0.5, 0.6) is 0 Å². The smallest absolute Gasteiger partial charge is 0.272 e. The van der Waals surface area contributed by atoms with E-state index in [9.17, 15) is 4.79 Å². The summed E-state index contributed by atoms with van der Waals surface area (Å²) >= 11 is 7.74. The number of para-hydroxylation sites is 1. The molecule has 0 saturated heterocycles. The summed E-state index contributed by atoms with van der Waals surface area (Å²) in [6.07, 6.45) is 0. The Morgan fingerprint density at radius 3 is 2.76 bits per heavy atom. The molecule has 3 nitrogen and oxygen atoms in total. The van der Waals surface area contributed by atoms with Crippen LogP contribution in [0.25, 0.3) is 10.2 Å². The van der Waals surface area contributed by atoms with E-state index in [1.54, 1.807) is 23.5 Å². The van der Waals surface area contributed by atoms with Crippen molar-refractivity contribution in [2.45, 2.75) is 19.9 Å². The molecule has 0 fully saturated rings. The largest absolute Gasteiger partial charge is 0.333 e. The van der Waals surface area contributed by atoms with Crippen LogP contribution in [0.1, 0.15) is 30.4 Å². The van der Waals surface area contributed by atoms with Gasteiger partial charge >= 0.3 is 0 Å². The van der Waals surface area contributed by atoms with Crippen molar-refractivity contribution in [1.82, 2.24) is 4.57 Å². The number of nitrogens with one attached hydrogen (secondary N) is 1. The summed E-state index contributed by atoms with van der Waals surface area (Å²) in [5.41, 5.74) is 2.38. The fourth-order valence-corrected chi connectivity index (χ4v) is 3.42. The number of carbonyl (C=O) groups is 1. The molecule has 3 aromatic rings. The Morgan fingerprint density at radius 2 is 2.05 bits per heavy atom. The molecule has 0 radical (unpaired) electrons. The Bertz CT molecular complexity index is 804. The Balaban J connectivity index is 2.00. The van der Waals surface area contributed by atoms with E-state index in [1.165, 1.54) is 0 Å². The van der Waals surface area contributed by atoms with Crippen molar-refractivity contribution in [2.75, 3.05) is 5.32 Å². The van der Waals surface area contributed by atoms with E-state index >= 15 is 0 Å². The molecule has 0 aliphatic heterocycles. The van der Waals surface area contributed by atoms with Gasteiger partial charge in [0.05, 0.1) is 20.9 Å². The quantitative estimate of drug-likeness (QED) is 0.708. The molecule has 0 saturated carbocycles. The lowest BCUT2D eigenvalue weighted by Gasteiger charge is -2.14. The summed E-state index contributed by atoms with van der Waals surface area (Å²) in [5, 5.41) is 5.46. The highest BCUT2D eigenvalue weighted by molar-refractivity contribution is 7.17. The number of aromatic nitrogens is 1. The first kappa shape index (κ1) is 14.2. The number of amides is 1. The SMILES string of the molecule is CC(C)n1c(C(=O)Nc2ccccc2Cl)cc2sccc21. The number of nitrogens with zero attached hydrogens (tertiary/aromatic N) is 1. The molecule has 1 amide bonds. The summed E-state index contributed by atoms with van der Waals surface area (Å²) in [6.45, 7) is 4.15. The highest BCUT2D eigenvalue weighted by Crippen LogP contribution is 2.29. The van der Waals surface area contributed by atoms with E-state index in [-0.39, 0.29) is 11.9 Å². The first-order chi connectivity index (χ1) is 10.1. The van der Waals surface area contributed by atoms with E-state index in [4.69, 9.17) is 11.6 Å². The molecule has 2 heterocycles. The Kier molecular flexibility index (Phi) is 3.74. The fraction of sp³-hybridized carbons (Fsp3) is 0.188. The van der Waals surface area contributed by atoms with Crippen LogP contribution in [0.3, 0.4) is 0 Å². The first-order valence-electron chi connectivity index (χ1n) is 6.72. The van der Waals surface area contributed by atoms with Crippen molar-refractivity contribution in [3.63, 3.8) is 0 Å². The van der Waals surface area contributed by atoms with Crippen LogP contribution in [0.15, 0.2) is 41.8 Å². The number of anilines is 1. The molecule has 1 aromatic carbocycles. The Morgan fingerprint density at radius 1 is 1.29 bits per heavy atom. The van der Waals surface area contributed by atoms with Gasteiger partial charge in [0.15, 0.2) is 0 Å². The van der Waals surface area contributed by atoms with Crippen molar-refractivity contribution in [3.05, 3.63) is 52.5 Å². The molecule has 0 unspecified atom stereocenters. The second-order valence-corrected chi connectivity index (χ2v) is 6.45. The van der Waals surface area contributed by atoms with Gasteiger partial charge in [-0.1, -0.05) is 23.7 Å². The summed E-state index contributed by atoms with van der Waals surface area (Å²) in [5.74, 6) is -0.139. The molecular weight excluding hydrogens is 304 g/mol. The van der Waals surface area contributed by atoms with Crippen molar-refractivity contribution < 1.29 is 4.79 Å². The maximum Gasteiger partial charge on any atom is 0.272 e. The minimum Gasteiger partial charge on any atom is -0.333 e. The van der Waals surface area contributed by atoms with Crippen LogP contribution in [-0.4, -0.2) is 10.5 Å². The predicted molar refractivity (Wildman–Crippen MR) is 89.6 cm³/mol. The van der Waals surface area contributed by atoms with Gasteiger partial charge in [-0.3, -0.25) is 4.79 Å².